The van der Waals surface area contributed by atoms with Crippen LogP contribution in [0.15, 0.2) is 34.9 Å². The summed E-state index contributed by atoms with van der Waals surface area (Å²) in [5, 5.41) is 0. The monoisotopic (exact) mass is 540 g/mol. The van der Waals surface area contributed by atoms with Crippen molar-refractivity contribution in [1.82, 2.24) is 0 Å². The summed E-state index contributed by atoms with van der Waals surface area (Å²) >= 11 is 0. The highest BCUT2D eigenvalue weighted by Crippen LogP contribution is 2.50. The van der Waals surface area contributed by atoms with E-state index in [0.29, 0.717) is 35.6 Å². The number of carbonyl (C=O) groups is 1. The van der Waals surface area contributed by atoms with Crippen LogP contribution in [0.4, 0.5) is 0 Å². The molecule has 38 heavy (non-hydrogen) atoms. The molecule has 3 rings (SSSR count). The summed E-state index contributed by atoms with van der Waals surface area (Å²) < 4.78 is 7.54. The Morgan fingerprint density at radius 1 is 1.03 bits per heavy atom. The van der Waals surface area contributed by atoms with Crippen LogP contribution in [-0.2, 0) is 9.22 Å². The van der Waals surface area contributed by atoms with Gasteiger partial charge in [0, 0.05) is 12.0 Å². The van der Waals surface area contributed by atoms with E-state index in [-0.39, 0.29) is 5.92 Å². The van der Waals surface area contributed by atoms with Crippen molar-refractivity contribution in [1.29, 1.82) is 0 Å². The van der Waals surface area contributed by atoms with E-state index in [2.05, 4.69) is 66.7 Å². The molecule has 3 aliphatic carbocycles. The van der Waals surface area contributed by atoms with E-state index in [1.807, 2.05) is 0 Å². The molecule has 0 radical (unpaired) electrons. The Hall–Kier alpha value is -0.933. The molecular formula is C35H60O2Si. The van der Waals surface area contributed by atoms with Crippen molar-refractivity contribution in [3.05, 3.63) is 34.9 Å². The lowest BCUT2D eigenvalue weighted by atomic mass is 9.72. The molecule has 0 spiro atoms. The Morgan fingerprint density at radius 3 is 2.24 bits per heavy atom. The first-order valence-electron chi connectivity index (χ1n) is 16.5. The van der Waals surface area contributed by atoms with Gasteiger partial charge < -0.3 is 4.43 Å². The summed E-state index contributed by atoms with van der Waals surface area (Å²) in [6, 6.07) is 4.05. The van der Waals surface area contributed by atoms with Gasteiger partial charge in [0.1, 0.15) is 0 Å². The highest BCUT2D eigenvalue weighted by molar-refractivity contribution is 6.73. The maximum absolute atomic E-state index is 13.4. The third-order valence-corrected chi connectivity index (χ3v) is 14.8. The number of fused-ring (bicyclic) bond motifs is 2. The Kier molecular flexibility index (Phi) is 12.6. The molecule has 216 valence electrons. The van der Waals surface area contributed by atoms with E-state index in [9.17, 15) is 4.79 Å². The van der Waals surface area contributed by atoms with Crippen molar-refractivity contribution < 1.29 is 9.22 Å². The van der Waals surface area contributed by atoms with Crippen LogP contribution in [0.2, 0.25) is 18.1 Å². The van der Waals surface area contributed by atoms with Crippen molar-refractivity contribution in [2.45, 2.75) is 150 Å². The second kappa shape index (κ2) is 15.2. The van der Waals surface area contributed by atoms with Crippen molar-refractivity contribution in [3.63, 3.8) is 0 Å². The molecule has 0 unspecified atom stereocenters. The molecule has 1 fully saturated rings. The number of unbranched alkanes of at least 4 members (excludes halogenated alkanes) is 3. The van der Waals surface area contributed by atoms with Gasteiger partial charge in [-0.1, -0.05) is 95.1 Å². The highest BCUT2D eigenvalue weighted by atomic mass is 28.4. The Labute approximate surface area is 237 Å². The summed E-state index contributed by atoms with van der Waals surface area (Å²) in [5.74, 6) is 2.62. The van der Waals surface area contributed by atoms with Crippen molar-refractivity contribution in [3.8, 4) is 0 Å². The molecule has 3 heteroatoms. The lowest BCUT2D eigenvalue weighted by molar-refractivity contribution is -0.119. The molecule has 0 bridgehead atoms. The number of hydrogen-bond donors (Lipinski definition) is 0. The van der Waals surface area contributed by atoms with Gasteiger partial charge in [-0.25, -0.2) is 0 Å². The molecule has 6 atom stereocenters. The predicted octanol–water partition coefficient (Wildman–Crippen LogP) is 10.6. The lowest BCUT2D eigenvalue weighted by Crippen LogP contribution is -2.43. The summed E-state index contributed by atoms with van der Waals surface area (Å²) in [5.41, 5.74) is 4.43. The molecular weight excluding hydrogens is 480 g/mol. The second-order valence-electron chi connectivity index (χ2n) is 13.5. The Balaban J connectivity index is 1.82. The first kappa shape index (κ1) is 31.6. The standard InChI is InChI=1S/C35H60O2Si/c1-8-11-21-38(22-12-9-2,23-13-10-3)37-34-20-19-30-27(6)17-18-31-29(24-32(30)34)25-33(36)35(31)28(7)16-14-15-26(4)5/h15,17,25,28,30-32,34-35H,8-14,16,18-24H2,1-7H3/b27-17-/t28-,30+,31+,32-,34-,35+/m0/s1. The van der Waals surface area contributed by atoms with Gasteiger partial charge >= 0.3 is 0 Å². The zero-order valence-electron chi connectivity index (χ0n) is 26.1. The van der Waals surface area contributed by atoms with Crippen LogP contribution in [0.5, 0.6) is 0 Å². The van der Waals surface area contributed by atoms with Crippen LogP contribution in [0.1, 0.15) is 126 Å². The van der Waals surface area contributed by atoms with Gasteiger partial charge in [-0.3, -0.25) is 4.79 Å². The molecule has 3 aliphatic rings. The van der Waals surface area contributed by atoms with Crippen molar-refractivity contribution >= 4 is 14.1 Å². The SMILES string of the molecule is CCCC[Si](CCCC)(CCCC)O[C@H]1CC[C@@H]2/C(C)=C\C[C@@H]3C(=CC(=O)[C@@H]3[C@@H](C)CCC=C(C)C)C[C@H]12. The fraction of sp³-hybridized carbons (Fsp3) is 0.800. The van der Waals surface area contributed by atoms with Crippen LogP contribution in [0, 0.1) is 29.6 Å². The van der Waals surface area contributed by atoms with E-state index in [1.54, 1.807) is 5.57 Å². The molecule has 0 saturated heterocycles. The summed E-state index contributed by atoms with van der Waals surface area (Å²) in [6.07, 6.45) is 22.0. The van der Waals surface area contributed by atoms with Crippen LogP contribution in [0.25, 0.3) is 0 Å². The average Bonchev–Trinajstić information content (AvgIpc) is 3.41. The molecule has 0 aromatic rings. The van der Waals surface area contributed by atoms with Gasteiger partial charge in [0.2, 0.25) is 0 Å². The molecule has 0 amide bonds. The van der Waals surface area contributed by atoms with Gasteiger partial charge in [0.15, 0.2) is 14.1 Å². The number of rotatable bonds is 15. The molecule has 0 N–H and O–H groups in total. The fourth-order valence-electron chi connectivity index (χ4n) is 7.94. The van der Waals surface area contributed by atoms with Crippen molar-refractivity contribution in [2.75, 3.05) is 0 Å². The maximum Gasteiger partial charge on any atom is 0.193 e. The minimum atomic E-state index is -1.76. The lowest BCUT2D eigenvalue weighted by Gasteiger charge is -2.39. The van der Waals surface area contributed by atoms with E-state index < -0.39 is 8.32 Å². The smallest absolute Gasteiger partial charge is 0.193 e. The fourth-order valence-corrected chi connectivity index (χ4v) is 13.0. The van der Waals surface area contributed by atoms with Gasteiger partial charge in [0.05, 0.1) is 0 Å². The minimum Gasteiger partial charge on any atom is -0.414 e. The largest absolute Gasteiger partial charge is 0.414 e. The van der Waals surface area contributed by atoms with Crippen LogP contribution in [0.3, 0.4) is 0 Å². The van der Waals surface area contributed by atoms with Gasteiger partial charge in [-0.15, -0.1) is 0 Å². The zero-order valence-corrected chi connectivity index (χ0v) is 27.1. The number of allylic oxidation sites excluding steroid dienone is 6. The molecule has 0 aromatic heterocycles. The van der Waals surface area contributed by atoms with Crippen LogP contribution >= 0.6 is 0 Å². The number of hydrogen-bond acceptors (Lipinski definition) is 2. The van der Waals surface area contributed by atoms with E-state index in [1.165, 1.54) is 80.6 Å². The maximum atomic E-state index is 13.4. The van der Waals surface area contributed by atoms with Crippen LogP contribution < -0.4 is 0 Å². The van der Waals surface area contributed by atoms with Crippen molar-refractivity contribution in [2.24, 2.45) is 29.6 Å². The third-order valence-electron chi connectivity index (χ3n) is 10.2. The number of carbonyl (C=O) groups excluding carboxylic acids is 1. The topological polar surface area (TPSA) is 26.3 Å². The molecule has 0 aromatic carbocycles. The predicted molar refractivity (Wildman–Crippen MR) is 167 cm³/mol. The molecule has 0 heterocycles. The number of ketones is 1. The second-order valence-corrected chi connectivity index (χ2v) is 17.6. The van der Waals surface area contributed by atoms with Crippen LogP contribution in [-0.4, -0.2) is 20.2 Å². The summed E-state index contributed by atoms with van der Waals surface area (Å²) in [7, 11) is -1.76. The Bertz CT molecular complexity index is 826. The minimum absolute atomic E-state index is 0.170. The third kappa shape index (κ3) is 8.06. The van der Waals surface area contributed by atoms with Gasteiger partial charge in [-0.2, -0.15) is 0 Å². The summed E-state index contributed by atoms with van der Waals surface area (Å²) in [6.45, 7) is 16.1. The molecule has 2 nitrogen and oxygen atoms in total. The summed E-state index contributed by atoms with van der Waals surface area (Å²) in [4.78, 5) is 13.4. The van der Waals surface area contributed by atoms with Gasteiger partial charge in [0.25, 0.3) is 0 Å². The highest BCUT2D eigenvalue weighted by Gasteiger charge is 2.47. The Morgan fingerprint density at radius 2 is 1.66 bits per heavy atom. The molecule has 1 saturated carbocycles. The quantitative estimate of drug-likeness (QED) is 0.152. The first-order chi connectivity index (χ1) is 18.2. The van der Waals surface area contributed by atoms with E-state index >= 15 is 0 Å². The first-order valence-corrected chi connectivity index (χ1v) is 19.0. The van der Waals surface area contributed by atoms with E-state index in [4.69, 9.17) is 4.43 Å². The van der Waals surface area contributed by atoms with E-state index in [0.717, 1.165) is 25.7 Å². The van der Waals surface area contributed by atoms with Gasteiger partial charge in [-0.05, 0) is 107 Å². The average molecular weight is 541 g/mol. The zero-order chi connectivity index (χ0) is 27.7. The normalized spacial score (nSPS) is 29.6. The molecule has 0 aliphatic heterocycles.